The van der Waals surface area contributed by atoms with Crippen LogP contribution in [0.4, 0.5) is 0 Å². The first-order valence-corrected chi connectivity index (χ1v) is 7.13. The third-order valence-corrected chi connectivity index (χ3v) is 3.40. The van der Waals surface area contributed by atoms with Gasteiger partial charge in [0.1, 0.15) is 0 Å². The van der Waals surface area contributed by atoms with Crippen molar-refractivity contribution >= 4 is 11.9 Å². The van der Waals surface area contributed by atoms with Crippen LogP contribution in [0.2, 0.25) is 0 Å². The highest BCUT2D eigenvalue weighted by Gasteiger charge is 2.18. The Bertz CT molecular complexity index is 481. The molecule has 5 heteroatoms. The molecule has 2 N–H and O–H groups in total. The second-order valence-corrected chi connectivity index (χ2v) is 5.15. The molecule has 1 aromatic carbocycles. The molecule has 0 saturated carbocycles. The van der Waals surface area contributed by atoms with Crippen molar-refractivity contribution in [1.29, 1.82) is 0 Å². The maximum atomic E-state index is 12.0. The predicted molar refractivity (Wildman–Crippen MR) is 78.4 cm³/mol. The van der Waals surface area contributed by atoms with Gasteiger partial charge >= 0.3 is 11.9 Å². The molecule has 5 nitrogen and oxygen atoms in total. The molecule has 0 unspecified atom stereocenters. The van der Waals surface area contributed by atoms with Gasteiger partial charge in [-0.2, -0.15) is 0 Å². The normalized spacial score (nSPS) is 13.5. The van der Waals surface area contributed by atoms with Gasteiger partial charge < -0.3 is 14.9 Å². The van der Waals surface area contributed by atoms with Crippen LogP contribution in [0, 0.1) is 5.92 Å². The Labute approximate surface area is 124 Å². The fraction of sp³-hybridized carbons (Fsp3) is 0.500. The predicted octanol–water partition coefficient (Wildman–Crippen LogP) is 2.73. The molecule has 2 atom stereocenters. The molecular formula is C16H22O5. The largest absolute Gasteiger partial charge is 0.478 e. The van der Waals surface area contributed by atoms with Crippen molar-refractivity contribution in [2.45, 2.75) is 39.2 Å². The smallest absolute Gasteiger partial charge is 0.339 e. The number of carbonyl (C=O) groups excluding carboxylic acids is 1. The second-order valence-electron chi connectivity index (χ2n) is 5.15. The lowest BCUT2D eigenvalue weighted by Crippen LogP contribution is -2.17. The minimum Gasteiger partial charge on any atom is -0.478 e. The van der Waals surface area contributed by atoms with Gasteiger partial charge in [-0.1, -0.05) is 25.5 Å². The summed E-state index contributed by atoms with van der Waals surface area (Å²) in [7, 11) is 0. The average Bonchev–Trinajstić information content (AvgIpc) is 2.46. The molecule has 0 aliphatic carbocycles. The Morgan fingerprint density at radius 2 is 1.81 bits per heavy atom. The number of rotatable bonds is 8. The van der Waals surface area contributed by atoms with E-state index in [1.54, 1.807) is 19.1 Å². The molecule has 1 aromatic rings. The lowest BCUT2D eigenvalue weighted by molar-refractivity contribution is 0.0411. The van der Waals surface area contributed by atoms with E-state index >= 15 is 0 Å². The molecule has 0 amide bonds. The SMILES string of the molecule is CC[C@H](CC[C@H](C)O)COC(=O)c1ccccc1C(=O)O. The van der Waals surface area contributed by atoms with Gasteiger partial charge in [0.25, 0.3) is 0 Å². The summed E-state index contributed by atoms with van der Waals surface area (Å²) in [4.78, 5) is 23.1. The number of benzene rings is 1. The molecule has 0 aromatic heterocycles. The van der Waals surface area contributed by atoms with Crippen molar-refractivity contribution in [3.8, 4) is 0 Å². The van der Waals surface area contributed by atoms with Crippen molar-refractivity contribution in [3.05, 3.63) is 35.4 Å². The van der Waals surface area contributed by atoms with Crippen molar-refractivity contribution in [2.24, 2.45) is 5.92 Å². The molecule has 0 radical (unpaired) electrons. The summed E-state index contributed by atoms with van der Waals surface area (Å²) in [5, 5.41) is 18.3. The Morgan fingerprint density at radius 3 is 2.33 bits per heavy atom. The monoisotopic (exact) mass is 294 g/mol. The van der Waals surface area contributed by atoms with Crippen LogP contribution in [0.3, 0.4) is 0 Å². The van der Waals surface area contributed by atoms with Gasteiger partial charge in [-0.3, -0.25) is 0 Å². The number of aliphatic hydroxyl groups excluding tert-OH is 1. The number of hydrogen-bond acceptors (Lipinski definition) is 4. The van der Waals surface area contributed by atoms with E-state index in [0.717, 1.165) is 12.8 Å². The van der Waals surface area contributed by atoms with E-state index < -0.39 is 11.9 Å². The third kappa shape index (κ3) is 5.55. The quantitative estimate of drug-likeness (QED) is 0.720. The van der Waals surface area contributed by atoms with Gasteiger partial charge in [0.2, 0.25) is 0 Å². The average molecular weight is 294 g/mol. The van der Waals surface area contributed by atoms with Gasteiger partial charge in [0, 0.05) is 0 Å². The first-order chi connectivity index (χ1) is 9.95. The van der Waals surface area contributed by atoms with Crippen LogP contribution >= 0.6 is 0 Å². The molecule has 0 aliphatic heterocycles. The number of hydrogen-bond donors (Lipinski definition) is 2. The van der Waals surface area contributed by atoms with E-state index in [4.69, 9.17) is 9.84 Å². The van der Waals surface area contributed by atoms with Crippen molar-refractivity contribution < 1.29 is 24.5 Å². The molecule has 0 fully saturated rings. The van der Waals surface area contributed by atoms with E-state index in [1.807, 2.05) is 6.92 Å². The van der Waals surface area contributed by atoms with Crippen LogP contribution in [-0.4, -0.2) is 34.9 Å². The number of aliphatic hydroxyl groups is 1. The molecule has 0 aliphatic rings. The summed E-state index contributed by atoms with van der Waals surface area (Å²) < 4.78 is 5.22. The second kappa shape index (κ2) is 8.42. The number of carboxylic acids is 1. The van der Waals surface area contributed by atoms with Crippen LogP contribution < -0.4 is 0 Å². The lowest BCUT2D eigenvalue weighted by Gasteiger charge is -2.16. The van der Waals surface area contributed by atoms with Gasteiger partial charge in [0.15, 0.2) is 0 Å². The molecule has 116 valence electrons. The highest BCUT2D eigenvalue weighted by molar-refractivity contribution is 6.02. The van der Waals surface area contributed by atoms with Crippen LogP contribution in [0.1, 0.15) is 53.8 Å². The van der Waals surface area contributed by atoms with E-state index in [0.29, 0.717) is 6.42 Å². The molecule has 21 heavy (non-hydrogen) atoms. The van der Waals surface area contributed by atoms with E-state index in [1.165, 1.54) is 12.1 Å². The maximum Gasteiger partial charge on any atom is 0.339 e. The van der Waals surface area contributed by atoms with E-state index in [2.05, 4.69) is 0 Å². The third-order valence-electron chi connectivity index (χ3n) is 3.40. The number of carbonyl (C=O) groups is 2. The first kappa shape index (κ1) is 17.2. The van der Waals surface area contributed by atoms with Crippen molar-refractivity contribution in [1.82, 2.24) is 0 Å². The van der Waals surface area contributed by atoms with Crippen LogP contribution in [0.15, 0.2) is 24.3 Å². The Kier molecular flexibility index (Phi) is 6.88. The minimum absolute atomic E-state index is 0.0560. The van der Waals surface area contributed by atoms with Gasteiger partial charge in [-0.15, -0.1) is 0 Å². The van der Waals surface area contributed by atoms with Crippen LogP contribution in [0.25, 0.3) is 0 Å². The molecule has 0 heterocycles. The summed E-state index contributed by atoms with van der Waals surface area (Å²) >= 11 is 0. The highest BCUT2D eigenvalue weighted by Crippen LogP contribution is 2.16. The standard InChI is InChI=1S/C16H22O5/c1-3-12(9-8-11(2)17)10-21-16(20)14-7-5-4-6-13(14)15(18)19/h4-7,11-12,17H,3,8-10H2,1-2H3,(H,18,19)/t11-,12+/m0/s1. The summed E-state index contributed by atoms with van der Waals surface area (Å²) in [5.41, 5.74) is 0.00917. The van der Waals surface area contributed by atoms with E-state index in [9.17, 15) is 14.7 Å². The van der Waals surface area contributed by atoms with Crippen LogP contribution in [-0.2, 0) is 4.74 Å². The zero-order valence-electron chi connectivity index (χ0n) is 12.4. The van der Waals surface area contributed by atoms with Gasteiger partial charge in [0.05, 0.1) is 23.8 Å². The fourth-order valence-electron chi connectivity index (χ4n) is 2.00. The highest BCUT2D eigenvalue weighted by atomic mass is 16.5. The summed E-state index contributed by atoms with van der Waals surface area (Å²) in [6.07, 6.45) is 1.88. The Balaban J connectivity index is 2.63. The summed E-state index contributed by atoms with van der Waals surface area (Å²) in [6, 6.07) is 6.00. The lowest BCUT2D eigenvalue weighted by atomic mass is 9.99. The maximum absolute atomic E-state index is 12.0. The number of ether oxygens (including phenoxy) is 1. The fourth-order valence-corrected chi connectivity index (χ4v) is 2.00. The molecule has 0 spiro atoms. The molecule has 1 rings (SSSR count). The van der Waals surface area contributed by atoms with E-state index in [-0.39, 0.29) is 29.8 Å². The van der Waals surface area contributed by atoms with Crippen LogP contribution in [0.5, 0.6) is 0 Å². The Hall–Kier alpha value is -1.88. The van der Waals surface area contributed by atoms with Gasteiger partial charge in [-0.05, 0) is 37.8 Å². The number of esters is 1. The zero-order valence-corrected chi connectivity index (χ0v) is 12.4. The zero-order chi connectivity index (χ0) is 15.8. The first-order valence-electron chi connectivity index (χ1n) is 7.13. The Morgan fingerprint density at radius 1 is 1.19 bits per heavy atom. The minimum atomic E-state index is -1.15. The van der Waals surface area contributed by atoms with Crippen molar-refractivity contribution in [2.75, 3.05) is 6.61 Å². The molecular weight excluding hydrogens is 272 g/mol. The number of aromatic carboxylic acids is 1. The topological polar surface area (TPSA) is 83.8 Å². The van der Waals surface area contributed by atoms with Crippen molar-refractivity contribution in [3.63, 3.8) is 0 Å². The molecule has 0 bridgehead atoms. The summed E-state index contributed by atoms with van der Waals surface area (Å²) in [5.74, 6) is -1.60. The van der Waals surface area contributed by atoms with Gasteiger partial charge in [-0.25, -0.2) is 9.59 Å². The number of carboxylic acid groups (broad SMARTS) is 1. The molecule has 0 saturated heterocycles. The summed E-state index contributed by atoms with van der Waals surface area (Å²) in [6.45, 7) is 3.95.